The molecular weight excluding hydrogens is 298 g/mol. The fourth-order valence-corrected chi connectivity index (χ4v) is 2.81. The Hall–Kier alpha value is -2.55. The molecule has 0 amide bonds. The lowest BCUT2D eigenvalue weighted by atomic mass is 10.2. The average Bonchev–Trinajstić information content (AvgIpc) is 2.82. The number of aromatic carboxylic acids is 1. The number of rotatable bonds is 5. The second kappa shape index (κ2) is 5.44. The molecule has 2 N–H and O–H groups in total. The van der Waals surface area contributed by atoms with Crippen molar-refractivity contribution in [2.75, 3.05) is 11.8 Å². The number of carboxylic acids is 1. The number of aryl methyl sites for hydroxylation is 1. The van der Waals surface area contributed by atoms with E-state index in [9.17, 15) is 13.2 Å². The minimum Gasteiger partial charge on any atom is -0.496 e. The maximum Gasteiger partial charge on any atom is 0.339 e. The van der Waals surface area contributed by atoms with Gasteiger partial charge in [-0.25, -0.2) is 13.2 Å². The van der Waals surface area contributed by atoms with Crippen molar-refractivity contribution in [2.24, 2.45) is 7.05 Å². The molecule has 21 heavy (non-hydrogen) atoms. The number of nitrogens with zero attached hydrogens (tertiary/aromatic N) is 2. The number of hydrogen-bond donors (Lipinski definition) is 2. The highest BCUT2D eigenvalue weighted by Crippen LogP contribution is 2.23. The quantitative estimate of drug-likeness (QED) is 0.849. The number of ether oxygens (including phenoxy) is 1. The molecule has 2 rings (SSSR count). The van der Waals surface area contributed by atoms with Crippen molar-refractivity contribution in [2.45, 2.75) is 4.90 Å². The van der Waals surface area contributed by atoms with E-state index in [0.29, 0.717) is 0 Å². The summed E-state index contributed by atoms with van der Waals surface area (Å²) in [7, 11) is -1.03. The first-order valence-corrected chi connectivity index (χ1v) is 7.25. The van der Waals surface area contributed by atoms with Gasteiger partial charge in [0.15, 0.2) is 0 Å². The first kappa shape index (κ1) is 14.9. The van der Waals surface area contributed by atoms with Gasteiger partial charge in [0.25, 0.3) is 10.0 Å². The van der Waals surface area contributed by atoms with Crippen molar-refractivity contribution in [3.63, 3.8) is 0 Å². The molecule has 112 valence electrons. The predicted molar refractivity (Wildman–Crippen MR) is 74.0 cm³/mol. The van der Waals surface area contributed by atoms with E-state index in [4.69, 9.17) is 9.84 Å². The van der Waals surface area contributed by atoms with Gasteiger partial charge in [0.05, 0.1) is 18.2 Å². The summed E-state index contributed by atoms with van der Waals surface area (Å²) in [6.45, 7) is 0. The van der Waals surface area contributed by atoms with Crippen LogP contribution >= 0.6 is 0 Å². The molecule has 0 aliphatic rings. The van der Waals surface area contributed by atoms with Gasteiger partial charge in [0.1, 0.15) is 17.1 Å². The summed E-state index contributed by atoms with van der Waals surface area (Å²) in [5.74, 6) is -0.922. The van der Waals surface area contributed by atoms with Crippen molar-refractivity contribution in [1.29, 1.82) is 0 Å². The molecule has 0 bridgehead atoms. The maximum atomic E-state index is 12.2. The summed E-state index contributed by atoms with van der Waals surface area (Å²) in [6, 6.07) is 5.09. The van der Waals surface area contributed by atoms with E-state index < -0.39 is 16.0 Å². The van der Waals surface area contributed by atoms with Gasteiger partial charge in [0, 0.05) is 13.1 Å². The number of sulfonamides is 1. The van der Waals surface area contributed by atoms with Crippen LogP contribution in [0.2, 0.25) is 0 Å². The van der Waals surface area contributed by atoms with Crippen LogP contribution < -0.4 is 9.46 Å². The van der Waals surface area contributed by atoms with Crippen LogP contribution in [0.15, 0.2) is 35.4 Å². The van der Waals surface area contributed by atoms with Crippen molar-refractivity contribution < 1.29 is 23.1 Å². The molecule has 1 aromatic heterocycles. The fourth-order valence-electron chi connectivity index (χ4n) is 1.69. The minimum absolute atomic E-state index is 0.0852. The average molecular weight is 311 g/mol. The zero-order chi connectivity index (χ0) is 15.6. The van der Waals surface area contributed by atoms with E-state index in [1.54, 1.807) is 7.05 Å². The van der Waals surface area contributed by atoms with Crippen LogP contribution in [-0.4, -0.2) is 36.4 Å². The Morgan fingerprint density at radius 1 is 1.38 bits per heavy atom. The first-order chi connectivity index (χ1) is 9.85. The molecule has 0 atom stereocenters. The Kier molecular flexibility index (Phi) is 3.85. The molecule has 1 aromatic carbocycles. The molecule has 0 saturated carbocycles. The van der Waals surface area contributed by atoms with Gasteiger partial charge < -0.3 is 9.84 Å². The highest BCUT2D eigenvalue weighted by atomic mass is 32.2. The monoisotopic (exact) mass is 311 g/mol. The van der Waals surface area contributed by atoms with E-state index in [0.717, 1.165) is 6.07 Å². The Balaban J connectivity index is 2.43. The summed E-state index contributed by atoms with van der Waals surface area (Å²) in [5.41, 5.74) is -0.231. The molecule has 8 nitrogen and oxygen atoms in total. The third-order valence-corrected chi connectivity index (χ3v) is 4.12. The summed E-state index contributed by atoms with van der Waals surface area (Å²) < 4.78 is 33.0. The van der Waals surface area contributed by atoms with Gasteiger partial charge in [-0.3, -0.25) is 9.40 Å². The van der Waals surface area contributed by atoms with Gasteiger partial charge in [-0.05, 0) is 18.2 Å². The maximum absolute atomic E-state index is 12.2. The number of benzene rings is 1. The largest absolute Gasteiger partial charge is 0.496 e. The number of methoxy groups -OCH3 is 1. The van der Waals surface area contributed by atoms with E-state index in [2.05, 4.69) is 9.82 Å². The lowest BCUT2D eigenvalue weighted by Crippen LogP contribution is -2.16. The highest BCUT2D eigenvalue weighted by Gasteiger charge is 2.20. The summed E-state index contributed by atoms with van der Waals surface area (Å²) in [5, 5.41) is 12.9. The van der Waals surface area contributed by atoms with E-state index in [-0.39, 0.29) is 22.0 Å². The number of anilines is 1. The lowest BCUT2D eigenvalue weighted by Gasteiger charge is -2.10. The van der Waals surface area contributed by atoms with Crippen LogP contribution in [0.1, 0.15) is 10.4 Å². The zero-order valence-corrected chi connectivity index (χ0v) is 12.1. The smallest absolute Gasteiger partial charge is 0.339 e. The van der Waals surface area contributed by atoms with Crippen molar-refractivity contribution in [3.8, 4) is 5.75 Å². The molecule has 0 fully saturated rings. The van der Waals surface area contributed by atoms with Crippen LogP contribution in [0.25, 0.3) is 0 Å². The molecule has 0 aliphatic carbocycles. The third-order valence-electron chi connectivity index (χ3n) is 2.77. The van der Waals surface area contributed by atoms with Crippen LogP contribution in [-0.2, 0) is 17.1 Å². The van der Waals surface area contributed by atoms with E-state index >= 15 is 0 Å². The van der Waals surface area contributed by atoms with Crippen molar-refractivity contribution >= 4 is 21.8 Å². The SMILES string of the molecule is COc1ccc(S(=O)(=O)Nc2ccnn2C)cc1C(=O)O. The third kappa shape index (κ3) is 2.97. The Morgan fingerprint density at radius 2 is 2.10 bits per heavy atom. The van der Waals surface area contributed by atoms with E-state index in [1.165, 1.54) is 36.2 Å². The van der Waals surface area contributed by atoms with Crippen molar-refractivity contribution in [1.82, 2.24) is 9.78 Å². The molecule has 0 unspecified atom stereocenters. The van der Waals surface area contributed by atoms with Crippen LogP contribution in [0.3, 0.4) is 0 Å². The molecule has 9 heteroatoms. The second-order valence-corrected chi connectivity index (χ2v) is 5.80. The predicted octanol–water partition coefficient (Wildman–Crippen LogP) is 0.928. The zero-order valence-electron chi connectivity index (χ0n) is 11.3. The van der Waals surface area contributed by atoms with E-state index in [1.807, 2.05) is 0 Å². The van der Waals surface area contributed by atoms with Crippen LogP contribution in [0.5, 0.6) is 5.75 Å². The number of aromatic nitrogens is 2. The molecule has 2 aromatic rings. The highest BCUT2D eigenvalue weighted by molar-refractivity contribution is 7.92. The first-order valence-electron chi connectivity index (χ1n) is 5.77. The normalized spacial score (nSPS) is 11.1. The second-order valence-electron chi connectivity index (χ2n) is 4.11. The van der Waals surface area contributed by atoms with Gasteiger partial charge in [0.2, 0.25) is 0 Å². The lowest BCUT2D eigenvalue weighted by molar-refractivity contribution is 0.0693. The van der Waals surface area contributed by atoms with Crippen molar-refractivity contribution in [3.05, 3.63) is 36.0 Å². The van der Waals surface area contributed by atoms with Gasteiger partial charge in [-0.2, -0.15) is 5.10 Å². The topological polar surface area (TPSA) is 111 Å². The number of nitrogens with one attached hydrogen (secondary N) is 1. The van der Waals surface area contributed by atoms with Gasteiger partial charge >= 0.3 is 5.97 Å². The number of carboxylic acid groups (broad SMARTS) is 1. The molecule has 0 aliphatic heterocycles. The number of carbonyl (C=O) groups is 1. The minimum atomic E-state index is -3.92. The molecule has 0 saturated heterocycles. The Bertz CT molecular complexity index is 782. The summed E-state index contributed by atoms with van der Waals surface area (Å²) >= 11 is 0. The van der Waals surface area contributed by atoms with Gasteiger partial charge in [-0.1, -0.05) is 0 Å². The summed E-state index contributed by atoms with van der Waals surface area (Å²) in [4.78, 5) is 10.9. The van der Waals surface area contributed by atoms with Crippen LogP contribution in [0, 0.1) is 0 Å². The fraction of sp³-hybridized carbons (Fsp3) is 0.167. The summed E-state index contributed by atoms with van der Waals surface area (Å²) in [6.07, 6.45) is 1.44. The molecule has 1 heterocycles. The molecule has 0 spiro atoms. The molecule has 0 radical (unpaired) electrons. The van der Waals surface area contributed by atoms with Crippen LogP contribution in [0.4, 0.5) is 5.82 Å². The molecular formula is C12H13N3O5S. The standard InChI is InChI=1S/C12H13N3O5S/c1-15-11(5-6-13-15)14-21(18,19)8-3-4-10(20-2)9(7-8)12(16)17/h3-7,14H,1-2H3,(H,16,17). The van der Waals surface area contributed by atoms with Gasteiger partial charge in [-0.15, -0.1) is 0 Å². The Morgan fingerprint density at radius 3 is 2.62 bits per heavy atom. The number of hydrogen-bond acceptors (Lipinski definition) is 5. The Labute approximate surface area is 121 Å².